The van der Waals surface area contributed by atoms with Gasteiger partial charge >= 0.3 is 0 Å². The van der Waals surface area contributed by atoms with Gasteiger partial charge in [0.05, 0.1) is 0 Å². The molecule has 0 aliphatic rings. The average molecular weight is 394 g/mol. The van der Waals surface area contributed by atoms with Gasteiger partial charge in [-0.05, 0) is 30.3 Å². The Morgan fingerprint density at radius 2 is 1.72 bits per heavy atom. The van der Waals surface area contributed by atoms with Gasteiger partial charge in [-0.3, -0.25) is 0 Å². The van der Waals surface area contributed by atoms with Crippen LogP contribution < -0.4 is 4.74 Å². The maximum absolute atomic E-state index is 13.5. The summed E-state index contributed by atoms with van der Waals surface area (Å²) >= 11 is 12.6. The summed E-state index contributed by atoms with van der Waals surface area (Å²) in [4.78, 5) is 0. The number of hydrogen-bond acceptors (Lipinski definition) is 1. The normalized spacial score (nSPS) is 10.4. The lowest BCUT2D eigenvalue weighted by atomic mass is 10.2. The molecular weight excluding hydrogens is 386 g/mol. The van der Waals surface area contributed by atoms with Gasteiger partial charge in [-0.15, -0.1) is 0 Å². The van der Waals surface area contributed by atoms with E-state index in [0.29, 0.717) is 5.02 Å². The van der Waals surface area contributed by atoms with Crippen LogP contribution in [0.4, 0.5) is 4.39 Å². The summed E-state index contributed by atoms with van der Waals surface area (Å²) in [5.74, 6) is -0.199. The molecule has 1 nitrogen and oxygen atoms in total. The summed E-state index contributed by atoms with van der Waals surface area (Å²) in [5.41, 5.74) is 0.805. The van der Waals surface area contributed by atoms with Crippen LogP contribution in [-0.2, 0) is 6.61 Å². The van der Waals surface area contributed by atoms with Crippen molar-refractivity contribution in [3.8, 4) is 5.75 Å². The van der Waals surface area contributed by atoms with E-state index in [1.165, 1.54) is 6.07 Å². The largest absolute Gasteiger partial charge is 0.486 e. The fourth-order valence-corrected chi connectivity index (χ4v) is 2.45. The zero-order chi connectivity index (χ0) is 13.1. The van der Waals surface area contributed by atoms with Crippen LogP contribution in [0.15, 0.2) is 45.3 Å². The van der Waals surface area contributed by atoms with Crippen molar-refractivity contribution in [3.05, 3.63) is 61.7 Å². The van der Waals surface area contributed by atoms with Crippen LogP contribution in [-0.4, -0.2) is 0 Å². The fourth-order valence-electron chi connectivity index (χ4n) is 1.38. The molecule has 2 aromatic rings. The van der Waals surface area contributed by atoms with E-state index in [1.54, 1.807) is 18.2 Å². The van der Waals surface area contributed by atoms with E-state index in [-0.39, 0.29) is 12.4 Å². The number of benzene rings is 2. The molecule has 18 heavy (non-hydrogen) atoms. The summed E-state index contributed by atoms with van der Waals surface area (Å²) in [6, 6.07) is 10.0. The fraction of sp³-hybridized carbons (Fsp3) is 0.0769. The van der Waals surface area contributed by atoms with Crippen LogP contribution in [0.2, 0.25) is 5.02 Å². The molecule has 0 atom stereocenters. The average Bonchev–Trinajstić information content (AvgIpc) is 2.32. The van der Waals surface area contributed by atoms with Gasteiger partial charge in [0.1, 0.15) is 6.61 Å². The first-order valence-electron chi connectivity index (χ1n) is 5.08. The molecule has 0 radical (unpaired) electrons. The predicted molar refractivity (Wildman–Crippen MR) is 77.6 cm³/mol. The van der Waals surface area contributed by atoms with Gasteiger partial charge in [0, 0.05) is 19.5 Å². The molecule has 94 valence electrons. The number of hydrogen-bond donors (Lipinski definition) is 0. The molecule has 2 aromatic carbocycles. The van der Waals surface area contributed by atoms with Crippen molar-refractivity contribution >= 4 is 43.5 Å². The minimum Gasteiger partial charge on any atom is -0.486 e. The van der Waals surface area contributed by atoms with E-state index >= 15 is 0 Å². The minimum atomic E-state index is -0.397. The van der Waals surface area contributed by atoms with Crippen LogP contribution in [0.25, 0.3) is 0 Å². The second kappa shape index (κ2) is 6.04. The van der Waals surface area contributed by atoms with Gasteiger partial charge in [-0.1, -0.05) is 49.5 Å². The third-order valence-corrected chi connectivity index (χ3v) is 3.63. The topological polar surface area (TPSA) is 9.23 Å². The molecule has 5 heteroatoms. The van der Waals surface area contributed by atoms with Crippen LogP contribution in [0.5, 0.6) is 5.75 Å². The van der Waals surface area contributed by atoms with Crippen molar-refractivity contribution in [1.82, 2.24) is 0 Å². The monoisotopic (exact) mass is 392 g/mol. The third-order valence-electron chi connectivity index (χ3n) is 2.29. The SMILES string of the molecule is Fc1ccc(Br)cc1OCc1ccc(Br)cc1Cl. The molecule has 2 rings (SSSR count). The molecule has 0 saturated carbocycles. The van der Waals surface area contributed by atoms with Crippen molar-refractivity contribution in [1.29, 1.82) is 0 Å². The molecule has 0 heterocycles. The maximum atomic E-state index is 13.5. The molecule has 0 unspecified atom stereocenters. The number of rotatable bonds is 3. The van der Waals surface area contributed by atoms with Gasteiger partial charge in [0.15, 0.2) is 11.6 Å². The molecule has 0 aromatic heterocycles. The van der Waals surface area contributed by atoms with Gasteiger partial charge < -0.3 is 4.74 Å². The van der Waals surface area contributed by atoms with Gasteiger partial charge in [0.2, 0.25) is 0 Å². The Morgan fingerprint density at radius 3 is 2.44 bits per heavy atom. The van der Waals surface area contributed by atoms with E-state index in [2.05, 4.69) is 31.9 Å². The Hall–Kier alpha value is -0.580. The van der Waals surface area contributed by atoms with Crippen molar-refractivity contribution in [3.63, 3.8) is 0 Å². The van der Waals surface area contributed by atoms with Gasteiger partial charge in [0.25, 0.3) is 0 Å². The highest BCUT2D eigenvalue weighted by atomic mass is 79.9. The summed E-state index contributed by atoms with van der Waals surface area (Å²) < 4.78 is 20.5. The number of halogens is 4. The van der Waals surface area contributed by atoms with Gasteiger partial charge in [-0.2, -0.15) is 0 Å². The van der Waals surface area contributed by atoms with Crippen molar-refractivity contribution in [2.24, 2.45) is 0 Å². The molecule has 0 saturated heterocycles. The smallest absolute Gasteiger partial charge is 0.165 e. The van der Waals surface area contributed by atoms with Crippen molar-refractivity contribution < 1.29 is 9.13 Å². The Morgan fingerprint density at radius 1 is 1.06 bits per heavy atom. The van der Waals surface area contributed by atoms with E-state index in [1.807, 2.05) is 12.1 Å². The Bertz CT molecular complexity index is 575. The molecular formula is C13H8Br2ClFO. The zero-order valence-electron chi connectivity index (χ0n) is 9.09. The maximum Gasteiger partial charge on any atom is 0.165 e. The zero-order valence-corrected chi connectivity index (χ0v) is 13.0. The molecule has 0 N–H and O–H groups in total. The van der Waals surface area contributed by atoms with Crippen LogP contribution in [0.3, 0.4) is 0 Å². The van der Waals surface area contributed by atoms with Crippen molar-refractivity contribution in [2.75, 3.05) is 0 Å². The molecule has 0 amide bonds. The lowest BCUT2D eigenvalue weighted by Crippen LogP contribution is -1.98. The Labute approximate surface area is 126 Å². The van der Waals surface area contributed by atoms with E-state index in [9.17, 15) is 4.39 Å². The third kappa shape index (κ3) is 3.46. The van der Waals surface area contributed by atoms with Crippen LogP contribution in [0.1, 0.15) is 5.56 Å². The summed E-state index contributed by atoms with van der Waals surface area (Å²) in [6.45, 7) is 0.222. The van der Waals surface area contributed by atoms with Crippen LogP contribution in [0, 0.1) is 5.82 Å². The lowest BCUT2D eigenvalue weighted by molar-refractivity contribution is 0.290. The first-order chi connectivity index (χ1) is 8.56. The van der Waals surface area contributed by atoms with Gasteiger partial charge in [-0.25, -0.2) is 4.39 Å². The molecule has 0 bridgehead atoms. The minimum absolute atomic E-state index is 0.198. The highest BCUT2D eigenvalue weighted by Crippen LogP contribution is 2.26. The van der Waals surface area contributed by atoms with E-state index in [0.717, 1.165) is 14.5 Å². The van der Waals surface area contributed by atoms with Crippen molar-refractivity contribution in [2.45, 2.75) is 6.61 Å². The second-order valence-electron chi connectivity index (χ2n) is 3.60. The standard InChI is InChI=1S/C13H8Br2ClFO/c14-9-2-1-8(11(16)5-9)7-18-13-6-10(15)3-4-12(13)17/h1-6H,7H2. The van der Waals surface area contributed by atoms with Crippen LogP contribution >= 0.6 is 43.5 Å². The molecule has 0 spiro atoms. The highest BCUT2D eigenvalue weighted by molar-refractivity contribution is 9.10. The molecule has 0 aliphatic heterocycles. The highest BCUT2D eigenvalue weighted by Gasteiger charge is 2.06. The van der Waals surface area contributed by atoms with E-state index in [4.69, 9.17) is 16.3 Å². The summed E-state index contributed by atoms with van der Waals surface area (Å²) in [7, 11) is 0. The number of ether oxygens (including phenoxy) is 1. The Balaban J connectivity index is 2.13. The predicted octanol–water partition coefficient (Wildman–Crippen LogP) is 5.58. The quantitative estimate of drug-likeness (QED) is 0.660. The summed E-state index contributed by atoms with van der Waals surface area (Å²) in [6.07, 6.45) is 0. The first-order valence-corrected chi connectivity index (χ1v) is 7.04. The second-order valence-corrected chi connectivity index (χ2v) is 5.84. The lowest BCUT2D eigenvalue weighted by Gasteiger charge is -2.09. The molecule has 0 fully saturated rings. The Kier molecular flexibility index (Phi) is 4.65. The molecule has 0 aliphatic carbocycles. The first kappa shape index (κ1) is 13.8. The van der Waals surface area contributed by atoms with E-state index < -0.39 is 5.82 Å². The summed E-state index contributed by atoms with van der Waals surface area (Å²) in [5, 5.41) is 0.583.